The zero-order valence-corrected chi connectivity index (χ0v) is 20.5. The fourth-order valence-electron chi connectivity index (χ4n) is 3.06. The van der Waals surface area contributed by atoms with Gasteiger partial charge in [0.25, 0.3) is 0 Å². The van der Waals surface area contributed by atoms with Crippen molar-refractivity contribution in [2.45, 2.75) is 95.3 Å². The van der Waals surface area contributed by atoms with Crippen LogP contribution in [0.4, 0.5) is 0 Å². The molecular formula is C21H36NaO5S. The first-order chi connectivity index (χ1) is 13.0. The standard InChI is InChI=1S/C21H36O5S.Na/c1-2-3-4-5-6-7-8-9-10-11-12-13-14-17-26-27(24,25)21-18-19(22)15-16-20(21)23;/h15-16,18,22-23H,2-14,17H2,1H3;. The van der Waals surface area contributed by atoms with Gasteiger partial charge in [0.1, 0.15) is 16.4 Å². The van der Waals surface area contributed by atoms with Crippen LogP contribution in [0.3, 0.4) is 0 Å². The van der Waals surface area contributed by atoms with Crippen LogP contribution in [0.5, 0.6) is 11.5 Å². The Balaban J connectivity index is 0.00000729. The summed E-state index contributed by atoms with van der Waals surface area (Å²) in [6, 6.07) is 3.35. The van der Waals surface area contributed by atoms with Crippen LogP contribution in [0, 0.1) is 0 Å². The molecule has 1 radical (unpaired) electrons. The molecule has 7 heteroatoms. The maximum absolute atomic E-state index is 12.0. The van der Waals surface area contributed by atoms with E-state index in [0.29, 0.717) is 6.42 Å². The summed E-state index contributed by atoms with van der Waals surface area (Å²) in [6.07, 6.45) is 15.8. The number of hydrogen-bond acceptors (Lipinski definition) is 5. The predicted octanol–water partition coefficient (Wildman–Crippen LogP) is 5.51. The van der Waals surface area contributed by atoms with Gasteiger partial charge in [0.05, 0.1) is 6.61 Å². The normalized spacial score (nSPS) is 11.3. The van der Waals surface area contributed by atoms with E-state index in [1.807, 2.05) is 0 Å². The minimum atomic E-state index is -4.04. The first-order valence-corrected chi connectivity index (χ1v) is 11.8. The Kier molecular flexibility index (Phi) is 16.4. The Morgan fingerprint density at radius 1 is 0.786 bits per heavy atom. The molecule has 0 atom stereocenters. The van der Waals surface area contributed by atoms with Crippen LogP contribution >= 0.6 is 0 Å². The Bertz CT molecular complexity index is 619. The molecule has 0 aliphatic rings. The third-order valence-corrected chi connectivity index (χ3v) is 6.04. The van der Waals surface area contributed by atoms with Crippen LogP contribution < -0.4 is 0 Å². The van der Waals surface area contributed by atoms with Crippen molar-refractivity contribution in [2.75, 3.05) is 6.61 Å². The molecule has 5 nitrogen and oxygen atoms in total. The topological polar surface area (TPSA) is 83.8 Å². The van der Waals surface area contributed by atoms with Gasteiger partial charge in [0, 0.05) is 35.6 Å². The van der Waals surface area contributed by atoms with Crippen molar-refractivity contribution in [2.24, 2.45) is 0 Å². The molecule has 1 aromatic carbocycles. The van der Waals surface area contributed by atoms with Gasteiger partial charge in [-0.2, -0.15) is 8.42 Å². The second-order valence-electron chi connectivity index (χ2n) is 7.17. The Hall–Kier alpha value is -0.270. The molecule has 1 rings (SSSR count). The van der Waals surface area contributed by atoms with Crippen molar-refractivity contribution in [3.63, 3.8) is 0 Å². The first kappa shape index (κ1) is 27.7. The molecule has 0 amide bonds. The molecule has 0 unspecified atom stereocenters. The largest absolute Gasteiger partial charge is 0.508 e. The van der Waals surface area contributed by atoms with Gasteiger partial charge in [0.2, 0.25) is 0 Å². The SMILES string of the molecule is CCCCCCCCCCCCCCCOS(=O)(=O)c1cc(O)ccc1O.[Na]. The van der Waals surface area contributed by atoms with Crippen molar-refractivity contribution in [1.82, 2.24) is 0 Å². The Morgan fingerprint density at radius 3 is 1.75 bits per heavy atom. The number of rotatable bonds is 16. The van der Waals surface area contributed by atoms with Crippen molar-refractivity contribution in [3.05, 3.63) is 18.2 Å². The number of hydrogen-bond donors (Lipinski definition) is 2. The van der Waals surface area contributed by atoms with Crippen LogP contribution in [-0.2, 0) is 14.3 Å². The summed E-state index contributed by atoms with van der Waals surface area (Å²) in [7, 11) is -4.04. The molecule has 0 fully saturated rings. The van der Waals surface area contributed by atoms with Crippen molar-refractivity contribution >= 4 is 39.7 Å². The number of unbranched alkanes of at least 4 members (excludes halogenated alkanes) is 12. The average Bonchev–Trinajstić information content (AvgIpc) is 2.64. The summed E-state index contributed by atoms with van der Waals surface area (Å²) in [4.78, 5) is -0.391. The van der Waals surface area contributed by atoms with Crippen LogP contribution in [0.2, 0.25) is 0 Å². The number of benzene rings is 1. The molecule has 2 N–H and O–H groups in total. The van der Waals surface area contributed by atoms with E-state index in [1.54, 1.807) is 0 Å². The summed E-state index contributed by atoms with van der Waals surface area (Å²) < 4.78 is 29.0. The van der Waals surface area contributed by atoms with E-state index in [1.165, 1.54) is 70.3 Å². The number of phenolic OH excluding ortho intramolecular Hbond substituents is 2. The average molecular weight is 424 g/mol. The molecule has 28 heavy (non-hydrogen) atoms. The van der Waals surface area contributed by atoms with E-state index in [4.69, 9.17) is 4.18 Å². The van der Waals surface area contributed by atoms with Crippen molar-refractivity contribution in [3.8, 4) is 11.5 Å². The number of phenols is 2. The van der Waals surface area contributed by atoms with Crippen LogP contribution in [-0.4, -0.2) is 54.8 Å². The fraction of sp³-hybridized carbons (Fsp3) is 0.714. The predicted molar refractivity (Wildman–Crippen MR) is 114 cm³/mol. The quantitative estimate of drug-likeness (QED) is 0.158. The monoisotopic (exact) mass is 423 g/mol. The summed E-state index contributed by atoms with van der Waals surface area (Å²) in [5, 5.41) is 19.0. The molecule has 0 heterocycles. The minimum Gasteiger partial charge on any atom is -0.508 e. The zero-order valence-electron chi connectivity index (χ0n) is 17.7. The third kappa shape index (κ3) is 12.3. The van der Waals surface area contributed by atoms with Crippen LogP contribution in [0.1, 0.15) is 90.4 Å². The van der Waals surface area contributed by atoms with Crippen LogP contribution in [0.15, 0.2) is 23.1 Å². The summed E-state index contributed by atoms with van der Waals surface area (Å²) in [6.45, 7) is 2.33. The summed E-state index contributed by atoms with van der Waals surface area (Å²) >= 11 is 0. The maximum Gasteiger partial charge on any atom is 0.300 e. The smallest absolute Gasteiger partial charge is 0.300 e. The van der Waals surface area contributed by atoms with Crippen LogP contribution in [0.25, 0.3) is 0 Å². The number of aromatic hydroxyl groups is 2. The minimum absolute atomic E-state index is 0. The van der Waals surface area contributed by atoms with Gasteiger partial charge in [-0.05, 0) is 18.6 Å². The van der Waals surface area contributed by atoms with E-state index in [0.717, 1.165) is 25.0 Å². The van der Waals surface area contributed by atoms with E-state index in [-0.39, 0.29) is 41.9 Å². The van der Waals surface area contributed by atoms with Gasteiger partial charge in [0.15, 0.2) is 0 Å². The van der Waals surface area contributed by atoms with Gasteiger partial charge in [-0.1, -0.05) is 84.0 Å². The maximum atomic E-state index is 12.0. The third-order valence-electron chi connectivity index (χ3n) is 4.70. The molecule has 0 aliphatic carbocycles. The Morgan fingerprint density at radius 2 is 1.25 bits per heavy atom. The zero-order chi connectivity index (χ0) is 20.0. The van der Waals surface area contributed by atoms with E-state index < -0.39 is 20.8 Å². The molecule has 157 valence electrons. The van der Waals surface area contributed by atoms with E-state index >= 15 is 0 Å². The summed E-state index contributed by atoms with van der Waals surface area (Å²) in [5.74, 6) is -0.644. The van der Waals surface area contributed by atoms with E-state index in [9.17, 15) is 18.6 Å². The van der Waals surface area contributed by atoms with Gasteiger partial charge in [-0.3, -0.25) is 4.18 Å². The van der Waals surface area contributed by atoms with E-state index in [2.05, 4.69) is 6.92 Å². The van der Waals surface area contributed by atoms with Crippen molar-refractivity contribution < 1.29 is 22.8 Å². The molecule has 0 saturated heterocycles. The van der Waals surface area contributed by atoms with Gasteiger partial charge in [-0.15, -0.1) is 0 Å². The molecule has 1 aromatic rings. The Labute approximate surface area is 193 Å². The molecule has 0 spiro atoms. The molecule has 0 aliphatic heterocycles. The second-order valence-corrected chi connectivity index (χ2v) is 8.75. The summed E-state index contributed by atoms with van der Waals surface area (Å²) in [5.41, 5.74) is 0. The first-order valence-electron chi connectivity index (χ1n) is 10.4. The van der Waals surface area contributed by atoms with Gasteiger partial charge >= 0.3 is 10.1 Å². The second kappa shape index (κ2) is 16.5. The molecule has 0 aromatic heterocycles. The fourth-order valence-corrected chi connectivity index (χ4v) is 4.11. The van der Waals surface area contributed by atoms with Crippen molar-refractivity contribution in [1.29, 1.82) is 0 Å². The molecular weight excluding hydrogens is 387 g/mol. The van der Waals surface area contributed by atoms with Gasteiger partial charge in [-0.25, -0.2) is 0 Å². The van der Waals surface area contributed by atoms with Gasteiger partial charge < -0.3 is 10.2 Å². The molecule has 0 saturated carbocycles. The molecule has 0 bridgehead atoms.